The Bertz CT molecular complexity index is 1350. The van der Waals surface area contributed by atoms with E-state index in [0.717, 1.165) is 24.8 Å². The Morgan fingerprint density at radius 3 is 2.72 bits per heavy atom. The molecule has 1 aliphatic heterocycles. The molecule has 2 aromatic carbocycles. The van der Waals surface area contributed by atoms with Gasteiger partial charge in [0.15, 0.2) is 11.5 Å². The van der Waals surface area contributed by atoms with E-state index in [9.17, 15) is 9.90 Å². The largest absolute Gasteiger partial charge is 0.507 e. The third-order valence-corrected chi connectivity index (χ3v) is 6.44. The maximum Gasteiger partial charge on any atom is 0.273 e. The van der Waals surface area contributed by atoms with E-state index < -0.39 is 6.04 Å². The lowest BCUT2D eigenvalue weighted by Gasteiger charge is -2.26. The quantitative estimate of drug-likeness (QED) is 0.278. The van der Waals surface area contributed by atoms with Crippen molar-refractivity contribution in [2.45, 2.75) is 38.8 Å². The number of H-pyrrole nitrogens is 1. The van der Waals surface area contributed by atoms with Gasteiger partial charge in [-0.15, -0.1) is 0 Å². The number of aromatic amines is 1. The molecule has 0 radical (unpaired) electrons. The normalized spacial score (nSPS) is 14.8. The molecule has 36 heavy (non-hydrogen) atoms. The van der Waals surface area contributed by atoms with Crippen LogP contribution in [-0.4, -0.2) is 39.8 Å². The lowest BCUT2D eigenvalue weighted by molar-refractivity contribution is 0.0716. The first-order valence-corrected chi connectivity index (χ1v) is 12.1. The average Bonchev–Trinajstić information content (AvgIpc) is 3.62. The summed E-state index contributed by atoms with van der Waals surface area (Å²) in [5.41, 5.74) is 3.01. The van der Waals surface area contributed by atoms with Crippen LogP contribution in [0.3, 0.4) is 0 Å². The number of aromatic nitrogens is 2. The first-order chi connectivity index (χ1) is 17.6. The number of para-hydroxylation sites is 1. The lowest BCUT2D eigenvalue weighted by Crippen LogP contribution is -2.29. The van der Waals surface area contributed by atoms with Gasteiger partial charge in [0.25, 0.3) is 5.91 Å². The van der Waals surface area contributed by atoms with E-state index in [1.807, 2.05) is 30.3 Å². The number of nitrogens with zero attached hydrogens (tertiary/aromatic N) is 2. The summed E-state index contributed by atoms with van der Waals surface area (Å²) >= 11 is 0. The molecule has 5 rings (SSSR count). The van der Waals surface area contributed by atoms with Gasteiger partial charge in [-0.05, 0) is 48.4 Å². The summed E-state index contributed by atoms with van der Waals surface area (Å²) in [6.07, 6.45) is 4.78. The van der Waals surface area contributed by atoms with Crippen LogP contribution in [0.1, 0.15) is 59.6 Å². The van der Waals surface area contributed by atoms with E-state index in [2.05, 4.69) is 17.1 Å². The summed E-state index contributed by atoms with van der Waals surface area (Å²) in [7, 11) is 1.61. The maximum atomic E-state index is 13.6. The zero-order valence-corrected chi connectivity index (χ0v) is 20.4. The number of benzene rings is 2. The van der Waals surface area contributed by atoms with E-state index in [1.54, 1.807) is 42.5 Å². The fourth-order valence-corrected chi connectivity index (χ4v) is 4.66. The number of fused-ring (bicyclic) bond motifs is 1. The van der Waals surface area contributed by atoms with E-state index >= 15 is 0 Å². The molecule has 4 aromatic rings. The number of amides is 1. The number of methoxy groups -OCH3 is 1. The molecule has 0 saturated heterocycles. The molecule has 0 spiro atoms. The Labute approximate surface area is 209 Å². The van der Waals surface area contributed by atoms with Crippen LogP contribution in [-0.2, 0) is 6.54 Å². The van der Waals surface area contributed by atoms with Crippen LogP contribution in [0, 0.1) is 0 Å². The minimum absolute atomic E-state index is 0.0934. The third-order valence-electron chi connectivity index (χ3n) is 6.44. The first kappa shape index (κ1) is 23.5. The molecule has 1 amide bonds. The highest BCUT2D eigenvalue weighted by Gasteiger charge is 2.43. The summed E-state index contributed by atoms with van der Waals surface area (Å²) in [6.45, 7) is 3.04. The Morgan fingerprint density at radius 1 is 1.11 bits per heavy atom. The number of carbonyl (C=O) groups is 1. The SMILES string of the molecule is CCCCCOc1ccc([C@H]2c3c(-c4ccccc4O)n[nH]c3C(=O)N2Cc2ccco2)cc1OC. The van der Waals surface area contributed by atoms with Gasteiger partial charge < -0.3 is 23.9 Å². The average molecular weight is 488 g/mol. The summed E-state index contributed by atoms with van der Waals surface area (Å²) in [6, 6.07) is 15.9. The van der Waals surface area contributed by atoms with E-state index in [4.69, 9.17) is 13.9 Å². The molecular formula is C28H29N3O5. The van der Waals surface area contributed by atoms with Gasteiger partial charge in [0.2, 0.25) is 0 Å². The number of phenolic OH excluding ortho intramolecular Hbond substituents is 1. The highest BCUT2D eigenvalue weighted by molar-refractivity contribution is 6.00. The van der Waals surface area contributed by atoms with E-state index in [-0.39, 0.29) is 18.2 Å². The van der Waals surface area contributed by atoms with Crippen molar-refractivity contribution in [3.8, 4) is 28.5 Å². The molecule has 0 fully saturated rings. The molecule has 2 aromatic heterocycles. The predicted octanol–water partition coefficient (Wildman–Crippen LogP) is 5.70. The molecule has 8 heteroatoms. The van der Waals surface area contributed by atoms with Gasteiger partial charge >= 0.3 is 0 Å². The van der Waals surface area contributed by atoms with Crippen molar-refractivity contribution in [1.82, 2.24) is 15.1 Å². The molecule has 0 bridgehead atoms. The lowest BCUT2D eigenvalue weighted by atomic mass is 9.95. The van der Waals surface area contributed by atoms with Crippen molar-refractivity contribution >= 4 is 5.91 Å². The minimum atomic E-state index is -0.478. The maximum absolute atomic E-state index is 13.6. The van der Waals surface area contributed by atoms with Crippen LogP contribution < -0.4 is 9.47 Å². The molecule has 0 aliphatic carbocycles. The van der Waals surface area contributed by atoms with Gasteiger partial charge in [0.05, 0.1) is 32.6 Å². The van der Waals surface area contributed by atoms with Crippen molar-refractivity contribution in [2.75, 3.05) is 13.7 Å². The second kappa shape index (κ2) is 10.2. The zero-order valence-electron chi connectivity index (χ0n) is 20.4. The number of furan rings is 1. The van der Waals surface area contributed by atoms with Crippen molar-refractivity contribution < 1.29 is 23.8 Å². The number of phenols is 1. The van der Waals surface area contributed by atoms with Crippen LogP contribution in [0.5, 0.6) is 17.2 Å². The van der Waals surface area contributed by atoms with Crippen LogP contribution in [0.4, 0.5) is 0 Å². The van der Waals surface area contributed by atoms with Crippen molar-refractivity contribution in [3.63, 3.8) is 0 Å². The summed E-state index contributed by atoms with van der Waals surface area (Å²) in [4.78, 5) is 15.3. The van der Waals surface area contributed by atoms with Crippen LogP contribution in [0.2, 0.25) is 0 Å². The molecule has 1 aliphatic rings. The third kappa shape index (κ3) is 4.30. The topological polar surface area (TPSA) is 101 Å². The zero-order chi connectivity index (χ0) is 25.1. The number of nitrogens with one attached hydrogen (secondary N) is 1. The Hall–Kier alpha value is -4.20. The fraction of sp³-hybridized carbons (Fsp3) is 0.286. The molecule has 186 valence electrons. The smallest absolute Gasteiger partial charge is 0.273 e. The van der Waals surface area contributed by atoms with Gasteiger partial charge in [0.1, 0.15) is 22.9 Å². The first-order valence-electron chi connectivity index (χ1n) is 12.1. The van der Waals surface area contributed by atoms with Gasteiger partial charge in [-0.3, -0.25) is 9.89 Å². The van der Waals surface area contributed by atoms with Crippen LogP contribution in [0.25, 0.3) is 11.3 Å². The van der Waals surface area contributed by atoms with Crippen molar-refractivity contribution in [2.24, 2.45) is 0 Å². The van der Waals surface area contributed by atoms with Gasteiger partial charge in [0, 0.05) is 11.1 Å². The number of unbranched alkanes of at least 4 members (excludes halogenated alkanes) is 2. The number of hydrogen-bond acceptors (Lipinski definition) is 6. The Morgan fingerprint density at radius 2 is 1.97 bits per heavy atom. The molecule has 0 unspecified atom stereocenters. The molecule has 2 N–H and O–H groups in total. The second-order valence-corrected chi connectivity index (χ2v) is 8.76. The molecule has 0 saturated carbocycles. The van der Waals surface area contributed by atoms with E-state index in [1.165, 1.54) is 0 Å². The number of aromatic hydroxyl groups is 1. The van der Waals surface area contributed by atoms with Gasteiger partial charge in [-0.1, -0.05) is 38.0 Å². The highest BCUT2D eigenvalue weighted by Crippen LogP contribution is 2.46. The fourth-order valence-electron chi connectivity index (χ4n) is 4.66. The summed E-state index contributed by atoms with van der Waals surface area (Å²) in [5, 5.41) is 17.9. The van der Waals surface area contributed by atoms with E-state index in [0.29, 0.717) is 46.4 Å². The number of rotatable bonds is 10. The predicted molar refractivity (Wildman–Crippen MR) is 134 cm³/mol. The minimum Gasteiger partial charge on any atom is -0.507 e. The Balaban J connectivity index is 1.58. The standard InChI is InChI=1S/C28H29N3O5/c1-3-4-7-14-36-22-13-12-18(16-23(22)34-2)27-24-25(20-10-5-6-11-21(20)32)29-30-26(24)28(33)31(27)17-19-9-8-15-35-19/h5-6,8-13,15-16,27,32H,3-4,7,14,17H2,1-2H3,(H,29,30)/t27-/m0/s1. The van der Waals surface area contributed by atoms with Crippen molar-refractivity contribution in [1.29, 1.82) is 0 Å². The van der Waals surface area contributed by atoms with Crippen LogP contribution >= 0.6 is 0 Å². The summed E-state index contributed by atoms with van der Waals surface area (Å²) < 4.78 is 17.2. The monoisotopic (exact) mass is 487 g/mol. The van der Waals surface area contributed by atoms with Gasteiger partial charge in [-0.25, -0.2) is 0 Å². The number of ether oxygens (including phenoxy) is 2. The number of hydrogen-bond donors (Lipinski definition) is 2. The molecular weight excluding hydrogens is 458 g/mol. The second-order valence-electron chi connectivity index (χ2n) is 8.76. The molecule has 3 heterocycles. The Kier molecular flexibility index (Phi) is 6.66. The molecule has 1 atom stereocenters. The highest BCUT2D eigenvalue weighted by atomic mass is 16.5. The van der Waals surface area contributed by atoms with Crippen LogP contribution in [0.15, 0.2) is 65.3 Å². The van der Waals surface area contributed by atoms with Crippen molar-refractivity contribution in [3.05, 3.63) is 83.4 Å². The molecule has 8 nitrogen and oxygen atoms in total. The van der Waals surface area contributed by atoms with Gasteiger partial charge in [-0.2, -0.15) is 5.10 Å². The number of carbonyl (C=O) groups excluding carboxylic acids is 1. The summed E-state index contributed by atoms with van der Waals surface area (Å²) in [5.74, 6) is 1.82.